The molecular formula is C52H105N3O2. The number of nitrogens with zero attached hydrogens (tertiary/aromatic N) is 2. The van der Waals surface area contributed by atoms with Gasteiger partial charge >= 0.3 is 0 Å². The number of hydrogen-bond donors (Lipinski definition) is 1. The maximum absolute atomic E-state index is 14.1. The lowest BCUT2D eigenvalue weighted by atomic mass is 9.89. The zero-order valence-electron chi connectivity index (χ0n) is 40.1. The molecule has 57 heavy (non-hydrogen) atoms. The molecule has 0 heterocycles. The fourth-order valence-electron chi connectivity index (χ4n) is 8.87. The van der Waals surface area contributed by atoms with Gasteiger partial charge in [-0.25, -0.2) is 0 Å². The summed E-state index contributed by atoms with van der Waals surface area (Å²) in [7, 11) is 0. The Kier molecular flexibility index (Phi) is 43.6. The SMILES string of the molecule is CCCCCCCCCCCCCCCCCCNC(=O)C(C(CC)CCCC)N(CCCN(CC)CC)C(=O)CCCCCCCCCCCCCCCCC. The second-order valence-electron chi connectivity index (χ2n) is 18.0. The molecule has 0 spiro atoms. The van der Waals surface area contributed by atoms with Gasteiger partial charge in [-0.15, -0.1) is 0 Å². The number of carbonyl (C=O) groups is 2. The quantitative estimate of drug-likeness (QED) is 0.0624. The molecule has 0 radical (unpaired) electrons. The summed E-state index contributed by atoms with van der Waals surface area (Å²) in [6.45, 7) is 17.9. The van der Waals surface area contributed by atoms with E-state index in [9.17, 15) is 9.59 Å². The van der Waals surface area contributed by atoms with Gasteiger partial charge in [0.25, 0.3) is 0 Å². The summed E-state index contributed by atoms with van der Waals surface area (Å²) in [6, 6.07) is -0.344. The van der Waals surface area contributed by atoms with Gasteiger partial charge in [0.05, 0.1) is 0 Å². The number of rotatable bonds is 46. The first-order valence-corrected chi connectivity index (χ1v) is 26.3. The Morgan fingerprint density at radius 1 is 0.421 bits per heavy atom. The molecule has 0 aliphatic rings. The third-order valence-corrected chi connectivity index (χ3v) is 12.9. The molecule has 5 nitrogen and oxygen atoms in total. The van der Waals surface area contributed by atoms with Gasteiger partial charge in [0.2, 0.25) is 11.8 Å². The van der Waals surface area contributed by atoms with Crippen LogP contribution in [-0.2, 0) is 9.59 Å². The monoisotopic (exact) mass is 804 g/mol. The van der Waals surface area contributed by atoms with Crippen LogP contribution >= 0.6 is 0 Å². The zero-order valence-corrected chi connectivity index (χ0v) is 40.1. The zero-order chi connectivity index (χ0) is 41.9. The molecule has 0 aliphatic carbocycles. The van der Waals surface area contributed by atoms with Gasteiger partial charge in [-0.3, -0.25) is 9.59 Å². The van der Waals surface area contributed by atoms with Crippen LogP contribution in [0.25, 0.3) is 0 Å². The Morgan fingerprint density at radius 3 is 1.16 bits per heavy atom. The number of carbonyl (C=O) groups excluding carboxylic acids is 2. The molecule has 0 aromatic heterocycles. The Morgan fingerprint density at radius 2 is 0.789 bits per heavy atom. The van der Waals surface area contributed by atoms with Crippen LogP contribution in [0.5, 0.6) is 0 Å². The molecule has 0 saturated carbocycles. The van der Waals surface area contributed by atoms with Crippen molar-refractivity contribution in [2.24, 2.45) is 5.92 Å². The summed E-state index contributed by atoms with van der Waals surface area (Å²) in [5.74, 6) is 0.530. The molecule has 2 amide bonds. The Hall–Kier alpha value is -1.10. The van der Waals surface area contributed by atoms with E-state index in [-0.39, 0.29) is 23.8 Å². The Labute approximate surface area is 359 Å². The summed E-state index contributed by atoms with van der Waals surface area (Å²) < 4.78 is 0. The van der Waals surface area contributed by atoms with Crippen LogP contribution in [0.2, 0.25) is 0 Å². The molecular weight excluding hydrogens is 699 g/mol. The summed E-state index contributed by atoms with van der Waals surface area (Å²) in [5.41, 5.74) is 0. The van der Waals surface area contributed by atoms with Crippen molar-refractivity contribution < 1.29 is 9.59 Å². The van der Waals surface area contributed by atoms with Crippen molar-refractivity contribution in [3.05, 3.63) is 0 Å². The molecule has 5 heteroatoms. The van der Waals surface area contributed by atoms with Crippen molar-refractivity contribution in [2.45, 2.75) is 285 Å². The van der Waals surface area contributed by atoms with Crippen molar-refractivity contribution >= 4 is 11.8 Å². The Balaban J connectivity index is 4.81. The Bertz CT molecular complexity index is 830. The molecule has 0 saturated heterocycles. The summed E-state index contributed by atoms with van der Waals surface area (Å²) in [6.07, 6.45) is 47.3. The van der Waals surface area contributed by atoms with Crippen LogP contribution in [0.4, 0.5) is 0 Å². The molecule has 2 atom stereocenters. The third-order valence-electron chi connectivity index (χ3n) is 12.9. The summed E-state index contributed by atoms with van der Waals surface area (Å²) in [4.78, 5) is 32.7. The highest BCUT2D eigenvalue weighted by molar-refractivity contribution is 5.88. The number of unbranched alkanes of at least 4 members (excludes halogenated alkanes) is 30. The van der Waals surface area contributed by atoms with Gasteiger partial charge in [-0.2, -0.15) is 0 Å². The topological polar surface area (TPSA) is 52.7 Å². The smallest absolute Gasteiger partial charge is 0.243 e. The average Bonchev–Trinajstić information content (AvgIpc) is 3.22. The van der Waals surface area contributed by atoms with Gasteiger partial charge < -0.3 is 15.1 Å². The van der Waals surface area contributed by atoms with Crippen LogP contribution < -0.4 is 5.32 Å². The maximum Gasteiger partial charge on any atom is 0.243 e. The number of nitrogens with one attached hydrogen (secondary N) is 1. The lowest BCUT2D eigenvalue weighted by Crippen LogP contribution is -2.54. The lowest BCUT2D eigenvalue weighted by Gasteiger charge is -2.37. The molecule has 0 aromatic carbocycles. The van der Waals surface area contributed by atoms with Crippen molar-refractivity contribution in [3.63, 3.8) is 0 Å². The first kappa shape index (κ1) is 55.9. The second-order valence-corrected chi connectivity index (χ2v) is 18.0. The van der Waals surface area contributed by atoms with E-state index in [1.807, 2.05) is 0 Å². The van der Waals surface area contributed by atoms with E-state index in [2.05, 4.69) is 56.7 Å². The van der Waals surface area contributed by atoms with Crippen LogP contribution in [0, 0.1) is 5.92 Å². The molecule has 1 N–H and O–H groups in total. The van der Waals surface area contributed by atoms with E-state index in [1.54, 1.807) is 0 Å². The van der Waals surface area contributed by atoms with E-state index in [0.717, 1.165) is 77.5 Å². The van der Waals surface area contributed by atoms with Crippen LogP contribution in [0.3, 0.4) is 0 Å². The second kappa shape index (κ2) is 44.5. The minimum Gasteiger partial charge on any atom is -0.354 e. The predicted molar refractivity (Wildman–Crippen MR) is 253 cm³/mol. The fraction of sp³-hybridized carbons (Fsp3) is 0.962. The molecule has 0 bridgehead atoms. The highest BCUT2D eigenvalue weighted by atomic mass is 16.2. The molecule has 2 unspecified atom stereocenters. The summed E-state index contributed by atoms with van der Waals surface area (Å²) >= 11 is 0. The van der Waals surface area contributed by atoms with Crippen molar-refractivity contribution in [1.29, 1.82) is 0 Å². The van der Waals surface area contributed by atoms with E-state index in [0.29, 0.717) is 13.0 Å². The lowest BCUT2D eigenvalue weighted by molar-refractivity contribution is -0.143. The van der Waals surface area contributed by atoms with E-state index >= 15 is 0 Å². The molecule has 0 aromatic rings. The molecule has 0 fully saturated rings. The van der Waals surface area contributed by atoms with Crippen LogP contribution in [0.15, 0.2) is 0 Å². The maximum atomic E-state index is 14.1. The third kappa shape index (κ3) is 34.3. The van der Waals surface area contributed by atoms with Crippen LogP contribution in [0.1, 0.15) is 279 Å². The van der Waals surface area contributed by atoms with Crippen molar-refractivity contribution in [1.82, 2.24) is 15.1 Å². The largest absolute Gasteiger partial charge is 0.354 e. The minimum absolute atomic E-state index is 0.103. The van der Waals surface area contributed by atoms with Crippen molar-refractivity contribution in [2.75, 3.05) is 32.7 Å². The van der Waals surface area contributed by atoms with Gasteiger partial charge in [0.1, 0.15) is 6.04 Å². The van der Waals surface area contributed by atoms with E-state index in [1.165, 1.54) is 180 Å². The van der Waals surface area contributed by atoms with Gasteiger partial charge in [-0.1, -0.05) is 247 Å². The predicted octanol–water partition coefficient (Wildman–Crippen LogP) is 15.8. The molecule has 0 aliphatic heterocycles. The normalized spacial score (nSPS) is 12.7. The number of amides is 2. The van der Waals surface area contributed by atoms with E-state index < -0.39 is 0 Å². The van der Waals surface area contributed by atoms with Gasteiger partial charge in [-0.05, 0) is 51.2 Å². The molecule has 340 valence electrons. The number of hydrogen-bond acceptors (Lipinski definition) is 3. The first-order chi connectivity index (χ1) is 28.0. The van der Waals surface area contributed by atoms with Crippen molar-refractivity contribution in [3.8, 4) is 0 Å². The highest BCUT2D eigenvalue weighted by Gasteiger charge is 2.35. The minimum atomic E-state index is -0.344. The van der Waals surface area contributed by atoms with E-state index in [4.69, 9.17) is 0 Å². The molecule has 0 rings (SSSR count). The fourth-order valence-corrected chi connectivity index (χ4v) is 8.87. The van der Waals surface area contributed by atoms with Gasteiger partial charge in [0.15, 0.2) is 0 Å². The van der Waals surface area contributed by atoms with Gasteiger partial charge in [0, 0.05) is 19.5 Å². The van der Waals surface area contributed by atoms with Crippen LogP contribution in [-0.4, -0.2) is 60.4 Å². The average molecular weight is 804 g/mol. The highest BCUT2D eigenvalue weighted by Crippen LogP contribution is 2.24. The summed E-state index contributed by atoms with van der Waals surface area (Å²) in [5, 5.41) is 3.36. The standard InChI is InChI=1S/C52H105N3O2/c1-7-13-16-18-20-22-24-26-28-30-32-34-36-38-40-42-46-53-52(57)51(49(10-4)44-15-9-3)55(48-43-47-54(11-5)12-6)50(56)45-41-39-37-35-33-31-29-27-25-23-21-19-17-14-8-2/h49,51H,7-48H2,1-6H3,(H,53,57). The first-order valence-electron chi connectivity index (χ1n) is 26.3.